The number of carbonyl (C=O) groups is 2. The number of hydrogen-bond acceptors (Lipinski definition) is 3. The maximum atomic E-state index is 13.3. The van der Waals surface area contributed by atoms with Gasteiger partial charge in [0.25, 0.3) is 0 Å². The summed E-state index contributed by atoms with van der Waals surface area (Å²) in [6.45, 7) is 0. The average molecular weight is 408 g/mol. The Morgan fingerprint density at radius 3 is 2.45 bits per heavy atom. The number of nitrogens with one attached hydrogen (secondary N) is 1. The van der Waals surface area contributed by atoms with Crippen molar-refractivity contribution in [1.82, 2.24) is 9.55 Å². The van der Waals surface area contributed by atoms with Crippen LogP contribution in [0.25, 0.3) is 0 Å². The molecule has 3 aromatic rings. The first-order chi connectivity index (χ1) is 14.0. The molecule has 1 amide bonds. The highest BCUT2D eigenvalue weighted by Gasteiger charge is 2.42. The summed E-state index contributed by atoms with van der Waals surface area (Å²) in [6, 6.07) is 14.5. The van der Waals surface area contributed by atoms with E-state index in [9.17, 15) is 9.59 Å². The Morgan fingerprint density at radius 1 is 1.10 bits per heavy atom. The fraction of sp³-hybridized carbons (Fsp3) is 0.261. The van der Waals surface area contributed by atoms with E-state index >= 15 is 0 Å². The molecule has 0 atom stereocenters. The van der Waals surface area contributed by atoms with Crippen molar-refractivity contribution in [3.63, 3.8) is 0 Å². The highest BCUT2D eigenvalue weighted by molar-refractivity contribution is 6.30. The molecule has 4 rings (SSSR count). The predicted molar refractivity (Wildman–Crippen MR) is 113 cm³/mol. The summed E-state index contributed by atoms with van der Waals surface area (Å²) in [6.07, 6.45) is 6.95. The van der Waals surface area contributed by atoms with Crippen molar-refractivity contribution in [2.24, 2.45) is 7.05 Å². The number of halogens is 1. The smallest absolute Gasteiger partial charge is 0.235 e. The van der Waals surface area contributed by atoms with Crippen LogP contribution >= 0.6 is 11.6 Å². The fourth-order valence-electron chi connectivity index (χ4n) is 4.08. The molecule has 2 aromatic carbocycles. The second kappa shape index (κ2) is 7.84. The molecule has 0 spiro atoms. The third-order valence-corrected chi connectivity index (χ3v) is 5.93. The van der Waals surface area contributed by atoms with E-state index in [1.54, 1.807) is 48.3 Å². The molecule has 0 radical (unpaired) electrons. The van der Waals surface area contributed by atoms with Gasteiger partial charge in [-0.2, -0.15) is 0 Å². The van der Waals surface area contributed by atoms with Crippen LogP contribution in [0.5, 0.6) is 0 Å². The van der Waals surface area contributed by atoms with Crippen LogP contribution in [-0.2, 0) is 17.3 Å². The number of hydrogen-bond donors (Lipinski definition) is 1. The topological polar surface area (TPSA) is 64.0 Å². The second-order valence-electron chi connectivity index (χ2n) is 7.52. The molecule has 148 valence electrons. The van der Waals surface area contributed by atoms with Gasteiger partial charge in [-0.15, -0.1) is 0 Å². The first kappa shape index (κ1) is 19.4. The molecule has 0 saturated heterocycles. The number of carbonyl (C=O) groups excluding carboxylic acids is 2. The number of aromatic nitrogens is 2. The number of imidazole rings is 1. The van der Waals surface area contributed by atoms with E-state index in [0.717, 1.165) is 31.2 Å². The van der Waals surface area contributed by atoms with Crippen LogP contribution in [0.15, 0.2) is 60.9 Å². The molecule has 0 unspecified atom stereocenters. The van der Waals surface area contributed by atoms with Gasteiger partial charge in [-0.05, 0) is 54.8 Å². The lowest BCUT2D eigenvalue weighted by Gasteiger charge is -2.28. The van der Waals surface area contributed by atoms with Gasteiger partial charge in [0.1, 0.15) is 0 Å². The van der Waals surface area contributed by atoms with Crippen molar-refractivity contribution in [2.45, 2.75) is 31.1 Å². The van der Waals surface area contributed by atoms with E-state index in [-0.39, 0.29) is 11.7 Å². The van der Waals surface area contributed by atoms with Crippen LogP contribution in [0, 0.1) is 0 Å². The molecule has 0 bridgehead atoms. The fourth-order valence-corrected chi connectivity index (χ4v) is 4.27. The highest BCUT2D eigenvalue weighted by atomic mass is 35.5. The van der Waals surface area contributed by atoms with E-state index in [1.807, 2.05) is 24.3 Å². The van der Waals surface area contributed by atoms with Crippen molar-refractivity contribution < 1.29 is 9.59 Å². The van der Waals surface area contributed by atoms with Crippen LogP contribution < -0.4 is 5.32 Å². The van der Waals surface area contributed by atoms with Crippen molar-refractivity contribution in [1.29, 1.82) is 0 Å². The molecule has 29 heavy (non-hydrogen) atoms. The predicted octanol–water partition coefficient (Wildman–Crippen LogP) is 4.76. The average Bonchev–Trinajstić information content (AvgIpc) is 3.38. The van der Waals surface area contributed by atoms with Crippen LogP contribution in [0.1, 0.15) is 47.4 Å². The Hall–Kier alpha value is -2.92. The molecule has 1 aliphatic rings. The van der Waals surface area contributed by atoms with Gasteiger partial charge in [0.05, 0.1) is 5.41 Å². The Labute approximate surface area is 174 Å². The minimum atomic E-state index is -0.563. The lowest BCUT2D eigenvalue weighted by atomic mass is 9.78. The Bertz CT molecular complexity index is 1050. The zero-order valence-corrected chi connectivity index (χ0v) is 16.9. The normalized spacial score (nSPS) is 15.2. The van der Waals surface area contributed by atoms with Crippen molar-refractivity contribution in [2.75, 3.05) is 5.32 Å². The molecule has 1 aromatic heterocycles. The SMILES string of the molecule is Cn1ccnc1C(=O)c1ccc(NC(=O)C2(c3cccc(Cl)c3)CCCC2)cc1. The molecule has 5 nitrogen and oxygen atoms in total. The van der Waals surface area contributed by atoms with Gasteiger partial charge in [0.2, 0.25) is 11.7 Å². The molecular weight excluding hydrogens is 386 g/mol. The van der Waals surface area contributed by atoms with Crippen molar-refractivity contribution >= 4 is 29.0 Å². The van der Waals surface area contributed by atoms with Gasteiger partial charge in [-0.25, -0.2) is 4.98 Å². The van der Waals surface area contributed by atoms with E-state index in [1.165, 1.54) is 0 Å². The van der Waals surface area contributed by atoms with Crippen molar-refractivity contribution in [3.05, 3.63) is 82.9 Å². The van der Waals surface area contributed by atoms with Crippen LogP contribution in [-0.4, -0.2) is 21.2 Å². The van der Waals surface area contributed by atoms with Gasteiger partial charge >= 0.3 is 0 Å². The van der Waals surface area contributed by atoms with E-state index < -0.39 is 5.41 Å². The summed E-state index contributed by atoms with van der Waals surface area (Å²) >= 11 is 6.18. The number of amides is 1. The third-order valence-electron chi connectivity index (χ3n) is 5.70. The molecular formula is C23H22ClN3O2. The second-order valence-corrected chi connectivity index (χ2v) is 7.96. The molecule has 1 N–H and O–H groups in total. The lowest BCUT2D eigenvalue weighted by Crippen LogP contribution is -2.38. The van der Waals surface area contributed by atoms with Crippen LogP contribution in [0.4, 0.5) is 5.69 Å². The number of anilines is 1. The summed E-state index contributed by atoms with van der Waals surface area (Å²) in [7, 11) is 1.78. The minimum Gasteiger partial charge on any atom is -0.331 e. The summed E-state index contributed by atoms with van der Waals surface area (Å²) in [5.74, 6) is 0.203. The molecule has 6 heteroatoms. The summed E-state index contributed by atoms with van der Waals surface area (Å²) < 4.78 is 1.69. The maximum Gasteiger partial charge on any atom is 0.235 e. The zero-order chi connectivity index (χ0) is 20.4. The van der Waals surface area contributed by atoms with Gasteiger partial charge in [-0.3, -0.25) is 9.59 Å². The first-order valence-electron chi connectivity index (χ1n) is 9.69. The van der Waals surface area contributed by atoms with E-state index in [4.69, 9.17) is 11.6 Å². The summed E-state index contributed by atoms with van der Waals surface area (Å²) in [4.78, 5) is 29.9. The maximum absolute atomic E-state index is 13.3. The quantitative estimate of drug-likeness (QED) is 0.620. The van der Waals surface area contributed by atoms with Gasteiger partial charge < -0.3 is 9.88 Å². The highest BCUT2D eigenvalue weighted by Crippen LogP contribution is 2.42. The molecule has 1 saturated carbocycles. The van der Waals surface area contributed by atoms with Gasteiger partial charge in [0, 0.05) is 35.7 Å². The molecule has 1 aliphatic carbocycles. The third kappa shape index (κ3) is 3.70. The monoisotopic (exact) mass is 407 g/mol. The first-order valence-corrected chi connectivity index (χ1v) is 10.1. The largest absolute Gasteiger partial charge is 0.331 e. The van der Waals surface area contributed by atoms with Gasteiger partial charge in [0.15, 0.2) is 5.82 Å². The Kier molecular flexibility index (Phi) is 5.24. The molecule has 1 fully saturated rings. The lowest BCUT2D eigenvalue weighted by molar-refractivity contribution is -0.121. The molecule has 1 heterocycles. The van der Waals surface area contributed by atoms with E-state index in [0.29, 0.717) is 22.1 Å². The van der Waals surface area contributed by atoms with Gasteiger partial charge in [-0.1, -0.05) is 36.6 Å². The van der Waals surface area contributed by atoms with Crippen LogP contribution in [0.2, 0.25) is 5.02 Å². The molecule has 0 aliphatic heterocycles. The summed E-state index contributed by atoms with van der Waals surface area (Å²) in [5, 5.41) is 3.68. The number of benzene rings is 2. The summed E-state index contributed by atoms with van der Waals surface area (Å²) in [5.41, 5.74) is 1.59. The van der Waals surface area contributed by atoms with E-state index in [2.05, 4.69) is 10.3 Å². The number of aryl methyl sites for hydroxylation is 1. The number of nitrogens with zero attached hydrogens (tertiary/aromatic N) is 2. The number of rotatable bonds is 5. The minimum absolute atomic E-state index is 0.0274. The number of ketones is 1. The Balaban J connectivity index is 1.54. The van der Waals surface area contributed by atoms with Crippen molar-refractivity contribution in [3.8, 4) is 0 Å². The zero-order valence-electron chi connectivity index (χ0n) is 16.2. The van der Waals surface area contributed by atoms with Crippen LogP contribution in [0.3, 0.4) is 0 Å². The standard InChI is InChI=1S/C23H22ClN3O2/c1-27-14-13-25-21(27)20(28)16-7-9-19(10-8-16)26-22(29)23(11-2-3-12-23)17-5-4-6-18(24)15-17/h4-10,13-15H,2-3,11-12H2,1H3,(H,26,29). The Morgan fingerprint density at radius 2 is 1.83 bits per heavy atom.